The van der Waals surface area contributed by atoms with Gasteiger partial charge in [-0.15, -0.1) is 11.3 Å². The number of nitrogens with zero attached hydrogens (tertiary/aromatic N) is 2. The van der Waals surface area contributed by atoms with Crippen molar-refractivity contribution in [1.82, 2.24) is 9.97 Å². The molecule has 2 heterocycles. The summed E-state index contributed by atoms with van der Waals surface area (Å²) in [6.45, 7) is 6.48. The minimum atomic E-state index is -0.315. The third-order valence-electron chi connectivity index (χ3n) is 3.96. The Bertz CT molecular complexity index is 953. The number of methoxy groups -OCH3 is 1. The Morgan fingerprint density at radius 2 is 2.08 bits per heavy atom. The number of rotatable bonds is 6. The third kappa shape index (κ3) is 3.62. The standard InChI is InChI=1S/C19H21N3O3S/c1-5-25-19(23)16-11(2)15-17(21-12(3)22-18(15)26-16)20-10-13-7-6-8-14(9-13)24-4/h6-9H,5,10H2,1-4H3,(H,20,21,22). The van der Waals surface area contributed by atoms with Gasteiger partial charge in [0, 0.05) is 6.54 Å². The highest BCUT2D eigenvalue weighted by Gasteiger charge is 2.20. The molecule has 0 aliphatic heterocycles. The van der Waals surface area contributed by atoms with E-state index >= 15 is 0 Å². The number of ether oxygens (including phenoxy) is 2. The summed E-state index contributed by atoms with van der Waals surface area (Å²) in [5.41, 5.74) is 1.92. The Hall–Kier alpha value is -2.67. The number of benzene rings is 1. The summed E-state index contributed by atoms with van der Waals surface area (Å²) in [5.74, 6) is 1.87. The van der Waals surface area contributed by atoms with Crippen molar-refractivity contribution in [3.63, 3.8) is 0 Å². The van der Waals surface area contributed by atoms with E-state index in [0.717, 1.165) is 32.9 Å². The lowest BCUT2D eigenvalue weighted by Crippen LogP contribution is -2.05. The Balaban J connectivity index is 1.95. The lowest BCUT2D eigenvalue weighted by atomic mass is 10.2. The van der Waals surface area contributed by atoms with E-state index in [9.17, 15) is 4.79 Å². The Kier molecular flexibility index (Phi) is 5.37. The number of anilines is 1. The quantitative estimate of drug-likeness (QED) is 0.658. The van der Waals surface area contributed by atoms with Gasteiger partial charge in [0.2, 0.25) is 0 Å². The molecule has 0 spiro atoms. The van der Waals surface area contributed by atoms with Gasteiger partial charge in [0.25, 0.3) is 0 Å². The maximum Gasteiger partial charge on any atom is 0.348 e. The van der Waals surface area contributed by atoms with Crippen LogP contribution in [0, 0.1) is 13.8 Å². The van der Waals surface area contributed by atoms with Crippen molar-refractivity contribution in [2.24, 2.45) is 0 Å². The monoisotopic (exact) mass is 371 g/mol. The smallest absolute Gasteiger partial charge is 0.348 e. The number of thiophene rings is 1. The molecule has 0 amide bonds. The number of hydrogen-bond acceptors (Lipinski definition) is 7. The van der Waals surface area contributed by atoms with E-state index in [1.807, 2.05) is 38.1 Å². The van der Waals surface area contributed by atoms with Gasteiger partial charge in [-0.1, -0.05) is 12.1 Å². The molecule has 7 heteroatoms. The molecule has 0 atom stereocenters. The average molecular weight is 371 g/mol. The van der Waals surface area contributed by atoms with Crippen LogP contribution in [0.25, 0.3) is 10.2 Å². The molecule has 0 aliphatic rings. The molecule has 0 unspecified atom stereocenters. The first kappa shape index (κ1) is 18.1. The summed E-state index contributed by atoms with van der Waals surface area (Å²) < 4.78 is 10.4. The number of fused-ring (bicyclic) bond motifs is 1. The van der Waals surface area contributed by atoms with Crippen molar-refractivity contribution in [3.8, 4) is 5.75 Å². The molecule has 0 radical (unpaired) electrons. The zero-order chi connectivity index (χ0) is 18.7. The van der Waals surface area contributed by atoms with Crippen molar-refractivity contribution in [2.75, 3.05) is 19.0 Å². The highest BCUT2D eigenvalue weighted by atomic mass is 32.1. The Morgan fingerprint density at radius 1 is 1.27 bits per heavy atom. The summed E-state index contributed by atoms with van der Waals surface area (Å²) in [5, 5.41) is 4.24. The van der Waals surface area contributed by atoms with Gasteiger partial charge in [0.1, 0.15) is 27.1 Å². The first-order chi connectivity index (χ1) is 12.5. The van der Waals surface area contributed by atoms with Crippen molar-refractivity contribution >= 4 is 33.3 Å². The predicted molar refractivity (Wildman–Crippen MR) is 103 cm³/mol. The SMILES string of the molecule is CCOC(=O)c1sc2nc(C)nc(NCc3cccc(OC)c3)c2c1C. The third-order valence-corrected chi connectivity index (χ3v) is 5.12. The van der Waals surface area contributed by atoms with Crippen molar-refractivity contribution < 1.29 is 14.3 Å². The van der Waals surface area contributed by atoms with E-state index in [-0.39, 0.29) is 5.97 Å². The van der Waals surface area contributed by atoms with E-state index in [1.165, 1.54) is 11.3 Å². The van der Waals surface area contributed by atoms with Gasteiger partial charge >= 0.3 is 5.97 Å². The first-order valence-electron chi connectivity index (χ1n) is 8.35. The molecule has 0 bridgehead atoms. The fourth-order valence-electron chi connectivity index (χ4n) is 2.73. The van der Waals surface area contributed by atoms with Gasteiger partial charge in [-0.05, 0) is 44.0 Å². The van der Waals surface area contributed by atoms with Gasteiger partial charge in [0.05, 0.1) is 19.1 Å². The molecule has 1 aromatic carbocycles. The van der Waals surface area contributed by atoms with Crippen LogP contribution in [0.5, 0.6) is 5.75 Å². The number of aryl methyl sites for hydroxylation is 2. The fourth-order valence-corrected chi connectivity index (χ4v) is 3.85. The van der Waals surface area contributed by atoms with Gasteiger partial charge in [-0.3, -0.25) is 0 Å². The molecule has 0 aliphatic carbocycles. The highest BCUT2D eigenvalue weighted by molar-refractivity contribution is 7.20. The summed E-state index contributed by atoms with van der Waals surface area (Å²) in [7, 11) is 1.65. The molecule has 2 aromatic heterocycles. The summed E-state index contributed by atoms with van der Waals surface area (Å²) >= 11 is 1.34. The van der Waals surface area contributed by atoms with Crippen molar-refractivity contribution in [2.45, 2.75) is 27.3 Å². The molecular weight excluding hydrogens is 350 g/mol. The average Bonchev–Trinajstić information content (AvgIpc) is 2.96. The van der Waals surface area contributed by atoms with Crippen LogP contribution >= 0.6 is 11.3 Å². The van der Waals surface area contributed by atoms with Crippen LogP contribution < -0.4 is 10.1 Å². The van der Waals surface area contributed by atoms with Crippen molar-refractivity contribution in [3.05, 3.63) is 46.1 Å². The lowest BCUT2D eigenvalue weighted by molar-refractivity contribution is 0.0531. The number of aromatic nitrogens is 2. The van der Waals surface area contributed by atoms with Gasteiger partial charge in [-0.2, -0.15) is 0 Å². The predicted octanol–water partition coefficient (Wildman–Crippen LogP) is 4.11. The lowest BCUT2D eigenvalue weighted by Gasteiger charge is -2.09. The second kappa shape index (κ2) is 7.70. The number of carbonyl (C=O) groups is 1. The maximum absolute atomic E-state index is 12.2. The number of carbonyl (C=O) groups excluding carboxylic acids is 1. The van der Waals surface area contributed by atoms with Crippen LogP contribution in [-0.4, -0.2) is 29.7 Å². The van der Waals surface area contributed by atoms with Gasteiger partial charge < -0.3 is 14.8 Å². The summed E-state index contributed by atoms with van der Waals surface area (Å²) in [4.78, 5) is 22.6. The molecule has 1 N–H and O–H groups in total. The highest BCUT2D eigenvalue weighted by Crippen LogP contribution is 2.34. The number of esters is 1. The Labute approximate surface area is 156 Å². The fraction of sp³-hybridized carbons (Fsp3) is 0.316. The molecule has 26 heavy (non-hydrogen) atoms. The van der Waals surface area contributed by atoms with Crippen LogP contribution in [0.3, 0.4) is 0 Å². The number of nitrogens with one attached hydrogen (secondary N) is 1. The largest absolute Gasteiger partial charge is 0.497 e. The zero-order valence-corrected chi connectivity index (χ0v) is 16.1. The van der Waals surface area contributed by atoms with E-state index < -0.39 is 0 Å². The molecule has 136 valence electrons. The Morgan fingerprint density at radius 3 is 2.81 bits per heavy atom. The van der Waals surface area contributed by atoms with Gasteiger partial charge in [0.15, 0.2) is 0 Å². The molecule has 3 aromatic rings. The normalized spacial score (nSPS) is 10.8. The van der Waals surface area contributed by atoms with E-state index in [2.05, 4.69) is 15.3 Å². The molecule has 0 saturated heterocycles. The summed E-state index contributed by atoms with van der Waals surface area (Å²) in [6, 6.07) is 7.85. The molecule has 3 rings (SSSR count). The second-order valence-electron chi connectivity index (χ2n) is 5.78. The van der Waals surface area contributed by atoms with Crippen molar-refractivity contribution in [1.29, 1.82) is 0 Å². The minimum Gasteiger partial charge on any atom is -0.497 e. The van der Waals surface area contributed by atoms with Gasteiger partial charge in [-0.25, -0.2) is 14.8 Å². The summed E-state index contributed by atoms with van der Waals surface area (Å²) in [6.07, 6.45) is 0. The van der Waals surface area contributed by atoms with Crippen LogP contribution in [-0.2, 0) is 11.3 Å². The molecule has 6 nitrogen and oxygen atoms in total. The maximum atomic E-state index is 12.2. The molecule has 0 saturated carbocycles. The van der Waals surface area contributed by atoms with E-state index in [4.69, 9.17) is 9.47 Å². The number of hydrogen-bond donors (Lipinski definition) is 1. The second-order valence-corrected chi connectivity index (χ2v) is 6.78. The minimum absolute atomic E-state index is 0.315. The van der Waals surface area contributed by atoms with Crippen LogP contribution in [0.1, 0.15) is 33.5 Å². The van der Waals surface area contributed by atoms with E-state index in [1.54, 1.807) is 14.0 Å². The van der Waals surface area contributed by atoms with Crippen LogP contribution in [0.2, 0.25) is 0 Å². The first-order valence-corrected chi connectivity index (χ1v) is 9.16. The van der Waals surface area contributed by atoms with Crippen LogP contribution in [0.4, 0.5) is 5.82 Å². The molecule has 0 fully saturated rings. The molecular formula is C19H21N3O3S. The van der Waals surface area contributed by atoms with E-state index in [0.29, 0.717) is 23.9 Å². The zero-order valence-electron chi connectivity index (χ0n) is 15.3. The topological polar surface area (TPSA) is 73.3 Å². The van der Waals surface area contributed by atoms with Crippen LogP contribution in [0.15, 0.2) is 24.3 Å².